The highest BCUT2D eigenvalue weighted by atomic mass is 32.2. The van der Waals surface area contributed by atoms with Gasteiger partial charge in [0.25, 0.3) is 0 Å². The van der Waals surface area contributed by atoms with Crippen molar-refractivity contribution in [1.82, 2.24) is 10.6 Å². The number of amides is 1. The van der Waals surface area contributed by atoms with Gasteiger partial charge in [-0.05, 0) is 54.0 Å². The minimum atomic E-state index is -1.01. The van der Waals surface area contributed by atoms with Crippen LogP contribution in [-0.4, -0.2) is 106 Å². The maximum atomic E-state index is 13.1. The lowest BCUT2D eigenvalue weighted by molar-refractivity contribution is -0.140. The Morgan fingerprint density at radius 1 is 1.03 bits per heavy atom. The predicted molar refractivity (Wildman–Crippen MR) is 160 cm³/mol. The van der Waals surface area contributed by atoms with Crippen molar-refractivity contribution in [3.63, 3.8) is 0 Å². The predicted octanol–water partition coefficient (Wildman–Crippen LogP) is -1.83. The number of ether oxygens (including phenoxy) is 1. The van der Waals surface area contributed by atoms with Gasteiger partial charge >= 0.3 is 0 Å². The van der Waals surface area contributed by atoms with Crippen LogP contribution in [0.5, 0.6) is 0 Å². The SMILES string of the molecule is BBC(=O)C(CSC1CCC1SCC(NC(=O)C(C)(C)COC(C)(N)CCC(C)=O)C(=O)BB)NC. The first-order chi connectivity index (χ1) is 16.8. The molecule has 8 nitrogen and oxygen atoms in total. The van der Waals surface area contributed by atoms with Crippen molar-refractivity contribution in [2.45, 2.75) is 81.7 Å². The Kier molecular flexibility index (Phi) is 14.5. The van der Waals surface area contributed by atoms with Gasteiger partial charge in [0.05, 0.1) is 45.3 Å². The lowest BCUT2D eigenvalue weighted by atomic mass is 9.51. The summed E-state index contributed by atoms with van der Waals surface area (Å²) in [6.45, 7) is 6.81. The number of carbonyl (C=O) groups is 4. The van der Waals surface area contributed by atoms with E-state index < -0.39 is 17.2 Å². The zero-order chi connectivity index (χ0) is 27.5. The van der Waals surface area contributed by atoms with E-state index in [2.05, 4.69) is 10.6 Å². The highest BCUT2D eigenvalue weighted by molar-refractivity contribution is 8.04. The van der Waals surface area contributed by atoms with E-state index in [9.17, 15) is 19.2 Å². The molecule has 1 aliphatic rings. The summed E-state index contributed by atoms with van der Waals surface area (Å²) in [5.74, 6) is 1.05. The fraction of sp³-hybridized carbons (Fsp3) is 0.818. The second kappa shape index (κ2) is 15.7. The molecule has 1 amide bonds. The first kappa shape index (κ1) is 33.3. The molecule has 0 aromatic carbocycles. The molecule has 5 unspecified atom stereocenters. The molecule has 200 valence electrons. The topological polar surface area (TPSA) is 128 Å². The van der Waals surface area contributed by atoms with Gasteiger partial charge in [0.15, 0.2) is 14.3 Å². The Morgan fingerprint density at radius 3 is 1.97 bits per heavy atom. The van der Waals surface area contributed by atoms with Gasteiger partial charge in [-0.15, -0.1) is 0 Å². The van der Waals surface area contributed by atoms with Crippen molar-refractivity contribution < 1.29 is 23.9 Å². The van der Waals surface area contributed by atoms with Crippen molar-refractivity contribution >= 4 is 76.4 Å². The van der Waals surface area contributed by atoms with Crippen LogP contribution in [0.1, 0.15) is 53.4 Å². The van der Waals surface area contributed by atoms with Crippen molar-refractivity contribution in [1.29, 1.82) is 0 Å². The Morgan fingerprint density at radius 2 is 1.53 bits per heavy atom. The van der Waals surface area contributed by atoms with Crippen LogP contribution in [-0.2, 0) is 23.9 Å². The smallest absolute Gasteiger partial charge is 0.228 e. The van der Waals surface area contributed by atoms with Crippen LogP contribution in [0, 0.1) is 5.41 Å². The summed E-state index contributed by atoms with van der Waals surface area (Å²) in [6, 6.07) is -0.686. The molecular weight excluding hydrogens is 494 g/mol. The van der Waals surface area contributed by atoms with Gasteiger partial charge in [-0.25, -0.2) is 0 Å². The van der Waals surface area contributed by atoms with Gasteiger partial charge in [-0.2, -0.15) is 23.5 Å². The molecule has 36 heavy (non-hydrogen) atoms. The summed E-state index contributed by atoms with van der Waals surface area (Å²) in [4.78, 5) is 49.0. The fourth-order valence-electron chi connectivity index (χ4n) is 3.57. The van der Waals surface area contributed by atoms with Gasteiger partial charge in [-0.1, -0.05) is 0 Å². The molecule has 0 aromatic heterocycles. The molecule has 1 rings (SSSR count). The van der Waals surface area contributed by atoms with E-state index in [1.807, 2.05) is 26.5 Å². The van der Waals surface area contributed by atoms with Crippen LogP contribution >= 0.6 is 23.5 Å². The van der Waals surface area contributed by atoms with Crippen LogP contribution in [0.4, 0.5) is 0 Å². The van der Waals surface area contributed by atoms with Crippen molar-refractivity contribution in [3.8, 4) is 0 Å². The van der Waals surface area contributed by atoms with Crippen LogP contribution < -0.4 is 16.4 Å². The number of nitrogens with two attached hydrogens (primary N) is 1. The van der Waals surface area contributed by atoms with Gasteiger partial charge < -0.3 is 35.5 Å². The van der Waals surface area contributed by atoms with Gasteiger partial charge in [0.1, 0.15) is 17.2 Å². The molecule has 4 N–H and O–H groups in total. The van der Waals surface area contributed by atoms with E-state index in [1.165, 1.54) is 6.92 Å². The molecule has 1 aliphatic carbocycles. The zero-order valence-electron chi connectivity index (χ0n) is 23.1. The molecule has 0 heterocycles. The molecule has 0 aromatic rings. The maximum Gasteiger partial charge on any atom is 0.228 e. The van der Waals surface area contributed by atoms with E-state index in [4.69, 9.17) is 10.5 Å². The summed E-state index contributed by atoms with van der Waals surface area (Å²) in [5, 5.41) is 6.91. The average molecular weight is 537 g/mol. The number of nitrogens with one attached hydrogen (secondary N) is 2. The molecule has 0 bridgehead atoms. The second-order valence-electron chi connectivity index (χ2n) is 10.5. The van der Waals surface area contributed by atoms with E-state index in [0.717, 1.165) is 18.6 Å². The highest BCUT2D eigenvalue weighted by Crippen LogP contribution is 2.40. The molecule has 0 radical (unpaired) electrons. The Bertz CT molecular complexity index is 776. The molecule has 0 saturated heterocycles. The monoisotopic (exact) mass is 537 g/mol. The highest BCUT2D eigenvalue weighted by Gasteiger charge is 2.36. The summed E-state index contributed by atoms with van der Waals surface area (Å²) >= 11 is 3.55. The second-order valence-corrected chi connectivity index (χ2v) is 13.1. The Balaban J connectivity index is 2.63. The number of thioether (sulfide) groups is 2. The lowest BCUT2D eigenvalue weighted by Crippen LogP contribution is -2.52. The summed E-state index contributed by atoms with van der Waals surface area (Å²) in [5.41, 5.74) is 4.48. The van der Waals surface area contributed by atoms with Crippen molar-refractivity contribution in [2.75, 3.05) is 25.2 Å². The van der Waals surface area contributed by atoms with Crippen LogP contribution in [0.25, 0.3) is 0 Å². The van der Waals surface area contributed by atoms with Crippen molar-refractivity contribution in [2.24, 2.45) is 11.1 Å². The maximum absolute atomic E-state index is 13.1. The molecule has 14 heteroatoms. The minimum Gasteiger partial charge on any atom is -0.360 e. The third-order valence-electron chi connectivity index (χ3n) is 6.58. The molecule has 5 atom stereocenters. The number of hydrogen-bond donors (Lipinski definition) is 3. The molecule has 0 aliphatic heterocycles. The van der Waals surface area contributed by atoms with Crippen LogP contribution in [0.3, 0.4) is 0 Å². The van der Waals surface area contributed by atoms with Crippen molar-refractivity contribution in [3.05, 3.63) is 0 Å². The molecular formula is C22H43B4N3O5S2. The normalized spacial score (nSPS) is 20.8. The average Bonchev–Trinajstić information content (AvgIpc) is 2.81. The number of hydrogen-bond acceptors (Lipinski definition) is 9. The third-order valence-corrected chi connectivity index (χ3v) is 9.79. The van der Waals surface area contributed by atoms with Crippen LogP contribution in [0.2, 0.25) is 0 Å². The third kappa shape index (κ3) is 11.4. The Hall–Kier alpha value is -0.680. The Labute approximate surface area is 228 Å². The first-order valence-corrected chi connectivity index (χ1v) is 15.0. The van der Waals surface area contributed by atoms with E-state index in [1.54, 1.807) is 40.3 Å². The summed E-state index contributed by atoms with van der Waals surface area (Å²) in [6.07, 6.45) is 2.86. The van der Waals surface area contributed by atoms with Gasteiger partial charge in [0.2, 0.25) is 5.91 Å². The van der Waals surface area contributed by atoms with E-state index in [-0.39, 0.29) is 35.7 Å². The van der Waals surface area contributed by atoms with Crippen LogP contribution in [0.15, 0.2) is 0 Å². The quantitative estimate of drug-likeness (QED) is 0.129. The molecule has 1 saturated carbocycles. The van der Waals surface area contributed by atoms with E-state index in [0.29, 0.717) is 43.4 Å². The summed E-state index contributed by atoms with van der Waals surface area (Å²) in [7, 11) is 6.39. The number of likely N-dealkylation sites (N-methyl/N-ethyl adjacent to an activating group) is 1. The standard InChI is InChI=1S/C22H43B4N3O5S2/c1-13(30)8-9-22(4,27)34-12-21(2,3)20(33)29-15(19(32)26-24)11-36-17-7-6-16(17)35-10-14(28-5)18(31)25-23/h14-17,25-26,28H,6-12,23-24,27H2,1-5H3,(H,29,33). The number of ketones is 1. The summed E-state index contributed by atoms with van der Waals surface area (Å²) < 4.78 is 5.80. The fourth-order valence-corrected chi connectivity index (χ4v) is 6.85. The molecule has 0 spiro atoms. The first-order valence-electron chi connectivity index (χ1n) is 12.9. The van der Waals surface area contributed by atoms with Gasteiger partial charge in [-0.3, -0.25) is 4.79 Å². The largest absolute Gasteiger partial charge is 0.360 e. The van der Waals surface area contributed by atoms with Gasteiger partial charge in [0, 0.05) is 28.4 Å². The number of rotatable bonds is 19. The lowest BCUT2D eigenvalue weighted by Gasteiger charge is -2.37. The zero-order valence-corrected chi connectivity index (χ0v) is 24.7. The molecule has 1 fully saturated rings. The minimum absolute atomic E-state index is 0.00463. The van der Waals surface area contributed by atoms with E-state index >= 15 is 0 Å². The number of carbonyl (C=O) groups excluding carboxylic acids is 4. The number of Topliss-reactive ketones (excluding diaryl/α,β-unsaturated/α-hetero) is 1.